The van der Waals surface area contributed by atoms with E-state index in [2.05, 4.69) is 25.8 Å². The molecule has 0 saturated carbocycles. The standard InChI is InChI=1S/C16H16N6O3S/c1-4-22-13(19-20-21-22)10-6-5-7-11(8-10)14(23)18-16-17-9(2)12(26-16)15(24)25-3/h5-8H,4H2,1-3H3,(H,17,18,23). The molecule has 0 aliphatic heterocycles. The molecule has 0 bridgehead atoms. The van der Waals surface area contributed by atoms with Gasteiger partial charge in [0, 0.05) is 17.7 Å². The highest BCUT2D eigenvalue weighted by molar-refractivity contribution is 7.17. The van der Waals surface area contributed by atoms with Gasteiger partial charge >= 0.3 is 5.97 Å². The Bertz CT molecular complexity index is 965. The number of thiazole rings is 1. The van der Waals surface area contributed by atoms with Crippen molar-refractivity contribution in [3.05, 3.63) is 40.4 Å². The number of aromatic nitrogens is 5. The van der Waals surface area contributed by atoms with E-state index < -0.39 is 5.97 Å². The van der Waals surface area contributed by atoms with Crippen molar-refractivity contribution in [2.75, 3.05) is 12.4 Å². The number of tetrazole rings is 1. The molecule has 1 aromatic carbocycles. The summed E-state index contributed by atoms with van der Waals surface area (Å²) in [6.07, 6.45) is 0. The zero-order valence-corrected chi connectivity index (χ0v) is 15.2. The summed E-state index contributed by atoms with van der Waals surface area (Å²) in [5.41, 5.74) is 1.67. The second-order valence-electron chi connectivity index (χ2n) is 5.28. The molecular formula is C16H16N6O3S. The number of hydrogen-bond donors (Lipinski definition) is 1. The van der Waals surface area contributed by atoms with Gasteiger partial charge in [0.05, 0.1) is 12.8 Å². The predicted molar refractivity (Wildman–Crippen MR) is 95.1 cm³/mol. The molecule has 3 aromatic rings. The predicted octanol–water partition coefficient (Wildman–Crippen LogP) is 2.16. The van der Waals surface area contributed by atoms with E-state index in [1.165, 1.54) is 7.11 Å². The highest BCUT2D eigenvalue weighted by atomic mass is 32.1. The van der Waals surface area contributed by atoms with Gasteiger partial charge in [-0.05, 0) is 36.4 Å². The third-order valence-electron chi connectivity index (χ3n) is 3.60. The van der Waals surface area contributed by atoms with Crippen LogP contribution in [0.3, 0.4) is 0 Å². The molecule has 9 nitrogen and oxygen atoms in total. The maximum Gasteiger partial charge on any atom is 0.350 e. The van der Waals surface area contributed by atoms with Gasteiger partial charge < -0.3 is 4.74 Å². The number of carbonyl (C=O) groups excluding carboxylic acids is 2. The van der Waals surface area contributed by atoms with Crippen molar-refractivity contribution in [3.8, 4) is 11.4 Å². The number of rotatable bonds is 5. The number of benzene rings is 1. The molecule has 0 radical (unpaired) electrons. The highest BCUT2D eigenvalue weighted by Crippen LogP contribution is 2.24. The summed E-state index contributed by atoms with van der Waals surface area (Å²) in [7, 11) is 1.30. The first-order chi connectivity index (χ1) is 12.5. The molecular weight excluding hydrogens is 356 g/mol. The van der Waals surface area contributed by atoms with Gasteiger partial charge in [0.2, 0.25) is 0 Å². The number of esters is 1. The average Bonchev–Trinajstić information content (AvgIpc) is 3.27. The quantitative estimate of drug-likeness (QED) is 0.683. The van der Waals surface area contributed by atoms with Crippen LogP contribution in [0.25, 0.3) is 11.4 Å². The van der Waals surface area contributed by atoms with Crippen LogP contribution in [0.5, 0.6) is 0 Å². The van der Waals surface area contributed by atoms with Gasteiger partial charge in [-0.3, -0.25) is 10.1 Å². The molecule has 1 amide bonds. The number of hydrogen-bond acceptors (Lipinski definition) is 8. The van der Waals surface area contributed by atoms with Crippen molar-refractivity contribution in [3.63, 3.8) is 0 Å². The molecule has 3 rings (SSSR count). The van der Waals surface area contributed by atoms with Crippen molar-refractivity contribution in [1.82, 2.24) is 25.2 Å². The van der Waals surface area contributed by atoms with Crippen LogP contribution >= 0.6 is 11.3 Å². The molecule has 1 N–H and O–H groups in total. The Morgan fingerprint density at radius 2 is 2.15 bits per heavy atom. The molecule has 26 heavy (non-hydrogen) atoms. The van der Waals surface area contributed by atoms with Crippen LogP contribution in [0.15, 0.2) is 24.3 Å². The molecule has 134 valence electrons. The van der Waals surface area contributed by atoms with E-state index in [1.807, 2.05) is 13.0 Å². The second kappa shape index (κ2) is 7.40. The van der Waals surface area contributed by atoms with E-state index in [0.29, 0.717) is 33.6 Å². The lowest BCUT2D eigenvalue weighted by Gasteiger charge is -2.05. The minimum Gasteiger partial charge on any atom is -0.465 e. The van der Waals surface area contributed by atoms with E-state index in [9.17, 15) is 9.59 Å². The van der Waals surface area contributed by atoms with Crippen molar-refractivity contribution in [1.29, 1.82) is 0 Å². The summed E-state index contributed by atoms with van der Waals surface area (Å²) >= 11 is 1.07. The van der Waals surface area contributed by atoms with E-state index in [1.54, 1.807) is 29.8 Å². The molecule has 0 unspecified atom stereocenters. The average molecular weight is 372 g/mol. The SMILES string of the molecule is CCn1nnnc1-c1cccc(C(=O)Nc2nc(C)c(C(=O)OC)s2)c1. The van der Waals surface area contributed by atoms with Crippen LogP contribution < -0.4 is 5.32 Å². The summed E-state index contributed by atoms with van der Waals surface area (Å²) < 4.78 is 6.34. The summed E-state index contributed by atoms with van der Waals surface area (Å²) in [4.78, 5) is 28.7. The van der Waals surface area contributed by atoms with E-state index in [-0.39, 0.29) is 5.91 Å². The molecule has 0 saturated heterocycles. The summed E-state index contributed by atoms with van der Waals surface area (Å²) in [6.45, 7) is 4.23. The maximum absolute atomic E-state index is 12.5. The molecule has 0 spiro atoms. The van der Waals surface area contributed by atoms with Crippen LogP contribution in [-0.2, 0) is 11.3 Å². The highest BCUT2D eigenvalue weighted by Gasteiger charge is 2.18. The summed E-state index contributed by atoms with van der Waals surface area (Å²) in [5, 5.41) is 14.6. The molecule has 0 atom stereocenters. The van der Waals surface area contributed by atoms with Gasteiger partial charge in [-0.1, -0.05) is 23.5 Å². The minimum atomic E-state index is -0.478. The fourth-order valence-electron chi connectivity index (χ4n) is 2.33. The summed E-state index contributed by atoms with van der Waals surface area (Å²) in [6, 6.07) is 6.97. The zero-order valence-electron chi connectivity index (χ0n) is 14.4. The largest absolute Gasteiger partial charge is 0.465 e. The molecule has 0 fully saturated rings. The second-order valence-corrected chi connectivity index (χ2v) is 6.28. The first kappa shape index (κ1) is 17.7. The molecule has 2 aromatic heterocycles. The minimum absolute atomic E-state index is 0.330. The van der Waals surface area contributed by atoms with E-state index >= 15 is 0 Å². The normalized spacial score (nSPS) is 10.6. The fraction of sp³-hybridized carbons (Fsp3) is 0.250. The topological polar surface area (TPSA) is 112 Å². The number of amides is 1. The Hall–Kier alpha value is -3.14. The number of anilines is 1. The number of nitrogens with one attached hydrogen (secondary N) is 1. The Labute approximate surface area is 153 Å². The van der Waals surface area contributed by atoms with Crippen LogP contribution in [0.4, 0.5) is 5.13 Å². The van der Waals surface area contributed by atoms with Crippen molar-refractivity contribution < 1.29 is 14.3 Å². The Morgan fingerprint density at radius 3 is 2.88 bits per heavy atom. The van der Waals surface area contributed by atoms with Gasteiger partial charge in [0.25, 0.3) is 5.91 Å². The van der Waals surface area contributed by atoms with Crippen LogP contribution in [0.1, 0.15) is 32.6 Å². The fourth-order valence-corrected chi connectivity index (χ4v) is 3.20. The molecule has 2 heterocycles. The van der Waals surface area contributed by atoms with Gasteiger partial charge in [-0.15, -0.1) is 5.10 Å². The van der Waals surface area contributed by atoms with Crippen molar-refractivity contribution >= 4 is 28.3 Å². The number of methoxy groups -OCH3 is 1. The Morgan fingerprint density at radius 1 is 1.35 bits per heavy atom. The van der Waals surface area contributed by atoms with Gasteiger partial charge in [-0.2, -0.15) is 0 Å². The van der Waals surface area contributed by atoms with Crippen molar-refractivity contribution in [2.24, 2.45) is 0 Å². The van der Waals surface area contributed by atoms with Crippen LogP contribution in [0, 0.1) is 6.92 Å². The Balaban J connectivity index is 1.83. The lowest BCUT2D eigenvalue weighted by molar-refractivity contribution is 0.0605. The number of ether oxygens (including phenoxy) is 1. The van der Waals surface area contributed by atoms with Crippen LogP contribution in [0.2, 0.25) is 0 Å². The molecule has 0 aliphatic rings. The van der Waals surface area contributed by atoms with E-state index in [4.69, 9.17) is 4.74 Å². The first-order valence-electron chi connectivity index (χ1n) is 7.77. The van der Waals surface area contributed by atoms with Gasteiger partial charge in [-0.25, -0.2) is 14.5 Å². The third kappa shape index (κ3) is 3.45. The smallest absolute Gasteiger partial charge is 0.350 e. The summed E-state index contributed by atoms with van der Waals surface area (Å²) in [5.74, 6) is -0.235. The Kier molecular flexibility index (Phi) is 5.03. The van der Waals surface area contributed by atoms with Crippen LogP contribution in [-0.4, -0.2) is 44.2 Å². The molecule has 0 aliphatic carbocycles. The van der Waals surface area contributed by atoms with Crippen molar-refractivity contribution in [2.45, 2.75) is 20.4 Å². The van der Waals surface area contributed by atoms with Gasteiger partial charge in [0.15, 0.2) is 11.0 Å². The molecule has 10 heteroatoms. The van der Waals surface area contributed by atoms with Gasteiger partial charge in [0.1, 0.15) is 4.88 Å². The lowest BCUT2D eigenvalue weighted by Crippen LogP contribution is -2.12. The first-order valence-corrected chi connectivity index (χ1v) is 8.58. The zero-order chi connectivity index (χ0) is 18.7. The number of aryl methyl sites for hydroxylation is 2. The third-order valence-corrected chi connectivity index (χ3v) is 4.66. The lowest BCUT2D eigenvalue weighted by atomic mass is 10.1. The number of carbonyl (C=O) groups is 2. The monoisotopic (exact) mass is 372 g/mol. The maximum atomic E-state index is 12.5. The van der Waals surface area contributed by atoms with E-state index in [0.717, 1.165) is 16.9 Å². The number of nitrogens with zero attached hydrogens (tertiary/aromatic N) is 5.